The summed E-state index contributed by atoms with van der Waals surface area (Å²) in [6, 6.07) is 9.81. The maximum absolute atomic E-state index is 13.7. The Kier molecular flexibility index (Phi) is 4.79. The molecule has 0 spiro atoms. The van der Waals surface area contributed by atoms with E-state index in [1.807, 2.05) is 6.07 Å². The average Bonchev–Trinajstić information content (AvgIpc) is 2.41. The van der Waals surface area contributed by atoms with Crippen molar-refractivity contribution < 1.29 is 13.2 Å². The highest BCUT2D eigenvalue weighted by Gasteiger charge is 2.15. The van der Waals surface area contributed by atoms with E-state index in [-0.39, 0.29) is 11.7 Å². The van der Waals surface area contributed by atoms with Gasteiger partial charge in [-0.1, -0.05) is 18.2 Å². The molecular formula is C16H16F3N. The third-order valence-corrected chi connectivity index (χ3v) is 3.25. The normalized spacial score (nSPS) is 12.4. The Balaban J connectivity index is 2.25. The van der Waals surface area contributed by atoms with Crippen LogP contribution in [0.25, 0.3) is 0 Å². The van der Waals surface area contributed by atoms with Crippen LogP contribution in [0, 0.1) is 17.5 Å². The van der Waals surface area contributed by atoms with E-state index in [2.05, 4.69) is 5.32 Å². The van der Waals surface area contributed by atoms with Crippen LogP contribution in [0.4, 0.5) is 13.2 Å². The fourth-order valence-corrected chi connectivity index (χ4v) is 2.27. The van der Waals surface area contributed by atoms with Crippen LogP contribution in [0.15, 0.2) is 42.5 Å². The quantitative estimate of drug-likeness (QED) is 0.881. The number of likely N-dealkylation sites (N-methyl/N-ethyl adjacent to an activating group) is 1. The largest absolute Gasteiger partial charge is 0.319 e. The van der Waals surface area contributed by atoms with E-state index in [4.69, 9.17) is 0 Å². The van der Waals surface area contributed by atoms with Crippen LogP contribution in [0.5, 0.6) is 0 Å². The second kappa shape index (κ2) is 6.57. The summed E-state index contributed by atoms with van der Waals surface area (Å²) in [6.45, 7) is 0.584. The van der Waals surface area contributed by atoms with Crippen molar-refractivity contribution in [3.63, 3.8) is 0 Å². The van der Waals surface area contributed by atoms with Crippen LogP contribution < -0.4 is 5.32 Å². The molecule has 2 aromatic rings. The lowest BCUT2D eigenvalue weighted by Gasteiger charge is -2.17. The van der Waals surface area contributed by atoms with Gasteiger partial charge in [-0.15, -0.1) is 0 Å². The van der Waals surface area contributed by atoms with Crippen LogP contribution in [-0.4, -0.2) is 13.6 Å². The minimum absolute atomic E-state index is 0.0735. The molecule has 20 heavy (non-hydrogen) atoms. The van der Waals surface area contributed by atoms with Gasteiger partial charge >= 0.3 is 0 Å². The molecular weight excluding hydrogens is 263 g/mol. The lowest BCUT2D eigenvalue weighted by molar-refractivity contribution is 0.552. The van der Waals surface area contributed by atoms with E-state index in [1.165, 1.54) is 24.3 Å². The summed E-state index contributed by atoms with van der Waals surface area (Å²) in [4.78, 5) is 0. The predicted octanol–water partition coefficient (Wildman–Crippen LogP) is 3.65. The van der Waals surface area contributed by atoms with E-state index in [0.717, 1.165) is 11.6 Å². The number of rotatable bonds is 5. The summed E-state index contributed by atoms with van der Waals surface area (Å²) in [5.41, 5.74) is 1.22. The molecule has 0 heterocycles. The molecule has 1 nitrogen and oxygen atoms in total. The third-order valence-electron chi connectivity index (χ3n) is 3.25. The summed E-state index contributed by atoms with van der Waals surface area (Å²) in [5, 5.41) is 3.02. The van der Waals surface area contributed by atoms with Gasteiger partial charge in [-0.2, -0.15) is 0 Å². The SMILES string of the molecule is CNCC(Cc1ccc(F)cc1F)c1cccc(F)c1. The Hall–Kier alpha value is -1.81. The smallest absolute Gasteiger partial charge is 0.129 e. The molecule has 4 heteroatoms. The zero-order valence-electron chi connectivity index (χ0n) is 11.2. The van der Waals surface area contributed by atoms with Crippen LogP contribution >= 0.6 is 0 Å². The molecule has 0 aliphatic carbocycles. The first-order chi connectivity index (χ1) is 9.60. The first-order valence-corrected chi connectivity index (χ1v) is 6.44. The number of benzene rings is 2. The maximum Gasteiger partial charge on any atom is 0.129 e. The minimum Gasteiger partial charge on any atom is -0.319 e. The van der Waals surface area contributed by atoms with Crippen molar-refractivity contribution in [1.29, 1.82) is 0 Å². The summed E-state index contributed by atoms with van der Waals surface area (Å²) in [7, 11) is 1.79. The molecule has 2 aromatic carbocycles. The molecule has 0 fully saturated rings. The average molecular weight is 279 g/mol. The molecule has 1 N–H and O–H groups in total. The van der Waals surface area contributed by atoms with Crippen molar-refractivity contribution in [3.05, 3.63) is 71.0 Å². The monoisotopic (exact) mass is 279 g/mol. The second-order valence-corrected chi connectivity index (χ2v) is 4.75. The Bertz CT molecular complexity index is 584. The van der Waals surface area contributed by atoms with E-state index >= 15 is 0 Å². The Labute approximate surface area is 116 Å². The second-order valence-electron chi connectivity index (χ2n) is 4.75. The maximum atomic E-state index is 13.7. The van der Waals surface area contributed by atoms with Crippen LogP contribution in [0.1, 0.15) is 17.0 Å². The highest BCUT2D eigenvalue weighted by atomic mass is 19.1. The summed E-state index contributed by atoms with van der Waals surface area (Å²) in [6.07, 6.45) is 0.385. The van der Waals surface area contributed by atoms with Crippen LogP contribution in [-0.2, 0) is 6.42 Å². The van der Waals surface area contributed by atoms with Crippen molar-refractivity contribution in [2.24, 2.45) is 0 Å². The van der Waals surface area contributed by atoms with Gasteiger partial charge in [0.2, 0.25) is 0 Å². The zero-order valence-corrected chi connectivity index (χ0v) is 11.2. The van der Waals surface area contributed by atoms with Crippen molar-refractivity contribution in [2.75, 3.05) is 13.6 Å². The molecule has 0 aliphatic rings. The van der Waals surface area contributed by atoms with Gasteiger partial charge in [0.15, 0.2) is 0 Å². The molecule has 0 bridgehead atoms. The fourth-order valence-electron chi connectivity index (χ4n) is 2.27. The van der Waals surface area contributed by atoms with E-state index in [1.54, 1.807) is 13.1 Å². The molecule has 0 saturated carbocycles. The van der Waals surface area contributed by atoms with Crippen LogP contribution in [0.2, 0.25) is 0 Å². The lowest BCUT2D eigenvalue weighted by Crippen LogP contribution is -2.19. The molecule has 2 rings (SSSR count). The molecule has 1 atom stereocenters. The highest BCUT2D eigenvalue weighted by Crippen LogP contribution is 2.23. The molecule has 0 amide bonds. The van der Waals surface area contributed by atoms with E-state index in [9.17, 15) is 13.2 Å². The number of hydrogen-bond donors (Lipinski definition) is 1. The van der Waals surface area contributed by atoms with Crippen molar-refractivity contribution in [3.8, 4) is 0 Å². The molecule has 0 saturated heterocycles. The summed E-state index contributed by atoms with van der Waals surface area (Å²) < 4.78 is 39.9. The first-order valence-electron chi connectivity index (χ1n) is 6.44. The van der Waals surface area contributed by atoms with E-state index < -0.39 is 11.6 Å². The van der Waals surface area contributed by atoms with Gasteiger partial charge in [0.05, 0.1) is 0 Å². The molecule has 1 unspecified atom stereocenters. The third kappa shape index (κ3) is 3.61. The summed E-state index contributed by atoms with van der Waals surface area (Å²) in [5.74, 6) is -1.55. The van der Waals surface area contributed by atoms with Gasteiger partial charge in [-0.3, -0.25) is 0 Å². The standard InChI is InChI=1S/C16H16F3N/c1-20-10-13(11-3-2-4-14(17)8-11)7-12-5-6-15(18)9-16(12)19/h2-6,8-9,13,20H,7,10H2,1H3. The number of halogens is 3. The summed E-state index contributed by atoms with van der Waals surface area (Å²) >= 11 is 0. The highest BCUT2D eigenvalue weighted by molar-refractivity contribution is 5.26. The Morgan fingerprint density at radius 2 is 1.75 bits per heavy atom. The lowest BCUT2D eigenvalue weighted by atomic mass is 9.91. The van der Waals surface area contributed by atoms with Gasteiger partial charge < -0.3 is 5.32 Å². The van der Waals surface area contributed by atoms with Crippen molar-refractivity contribution in [2.45, 2.75) is 12.3 Å². The van der Waals surface area contributed by atoms with Crippen molar-refractivity contribution >= 4 is 0 Å². The van der Waals surface area contributed by atoms with Gasteiger partial charge in [-0.05, 0) is 42.8 Å². The minimum atomic E-state index is -0.595. The van der Waals surface area contributed by atoms with Crippen molar-refractivity contribution in [1.82, 2.24) is 5.32 Å². The predicted molar refractivity (Wildman–Crippen MR) is 73.1 cm³/mol. The molecule has 106 valence electrons. The van der Waals surface area contributed by atoms with Gasteiger partial charge in [-0.25, -0.2) is 13.2 Å². The number of hydrogen-bond acceptors (Lipinski definition) is 1. The van der Waals surface area contributed by atoms with Gasteiger partial charge in [0, 0.05) is 18.5 Å². The number of nitrogens with one attached hydrogen (secondary N) is 1. The fraction of sp³-hybridized carbons (Fsp3) is 0.250. The van der Waals surface area contributed by atoms with Gasteiger partial charge in [0.25, 0.3) is 0 Å². The Morgan fingerprint density at radius 3 is 2.40 bits per heavy atom. The van der Waals surface area contributed by atoms with Crippen LogP contribution in [0.3, 0.4) is 0 Å². The van der Waals surface area contributed by atoms with E-state index in [0.29, 0.717) is 18.5 Å². The molecule has 0 aromatic heterocycles. The molecule has 0 aliphatic heterocycles. The molecule has 0 radical (unpaired) electrons. The Morgan fingerprint density at radius 1 is 1.00 bits per heavy atom. The van der Waals surface area contributed by atoms with Gasteiger partial charge in [0.1, 0.15) is 17.5 Å². The zero-order chi connectivity index (χ0) is 14.5. The topological polar surface area (TPSA) is 12.0 Å². The first kappa shape index (κ1) is 14.6.